The van der Waals surface area contributed by atoms with Crippen LogP contribution in [0.1, 0.15) is 139 Å². The molecule has 2 aliphatic heterocycles. The Kier molecular flexibility index (Phi) is 10.2. The monoisotopic (exact) mass is 762 g/mol. The van der Waals surface area contributed by atoms with E-state index in [0.717, 1.165) is 29.5 Å². The van der Waals surface area contributed by atoms with Gasteiger partial charge in [0, 0.05) is 11.0 Å². The van der Waals surface area contributed by atoms with E-state index in [9.17, 15) is 19.2 Å². The number of benzene rings is 5. The predicted octanol–water partition coefficient (Wildman–Crippen LogP) is 11.7. The van der Waals surface area contributed by atoms with Crippen molar-refractivity contribution in [2.45, 2.75) is 97.4 Å². The Morgan fingerprint density at radius 2 is 0.895 bits per heavy atom. The molecular formula is C49H50N2O6. The van der Waals surface area contributed by atoms with Gasteiger partial charge in [0.25, 0.3) is 23.6 Å². The quantitative estimate of drug-likeness (QED) is 0.111. The van der Waals surface area contributed by atoms with Crippen molar-refractivity contribution in [1.82, 2.24) is 4.90 Å². The summed E-state index contributed by atoms with van der Waals surface area (Å²) in [7, 11) is 0. The lowest BCUT2D eigenvalue weighted by Crippen LogP contribution is -2.48. The lowest BCUT2D eigenvalue weighted by Gasteiger charge is -2.35. The highest BCUT2D eigenvalue weighted by Gasteiger charge is 2.45. The fourth-order valence-corrected chi connectivity index (χ4v) is 7.85. The highest BCUT2D eigenvalue weighted by molar-refractivity contribution is 6.34. The highest BCUT2D eigenvalue weighted by atomic mass is 16.5. The lowest BCUT2D eigenvalue weighted by atomic mass is 9.78. The molecule has 2 aliphatic rings. The molecular weight excluding hydrogens is 713 g/mol. The molecule has 0 atom stereocenters. The standard InChI is InChI=1S/C49H50N2O6/c1-9-48(7,10-2)33-14-13-15-34(28-33)50-43(52)39-26-24-37(29-41(39)44(50)53)56-35-20-16-31(17-21-35)47(5,6)32-18-22-36(23-19-32)57-38-25-27-40-42(30-38)46(55)51(45(40)54)49(8,11-3)12-4/h13-30H,9-12H2,1-8H3. The summed E-state index contributed by atoms with van der Waals surface area (Å²) in [4.78, 5) is 56.3. The summed E-state index contributed by atoms with van der Waals surface area (Å²) in [6.07, 6.45) is 3.25. The van der Waals surface area contributed by atoms with E-state index < -0.39 is 5.54 Å². The molecule has 0 bridgehead atoms. The molecule has 8 nitrogen and oxygen atoms in total. The van der Waals surface area contributed by atoms with Crippen LogP contribution in [0.2, 0.25) is 0 Å². The van der Waals surface area contributed by atoms with Crippen molar-refractivity contribution < 1.29 is 28.7 Å². The Morgan fingerprint density at radius 1 is 0.456 bits per heavy atom. The van der Waals surface area contributed by atoms with E-state index in [4.69, 9.17) is 9.47 Å². The van der Waals surface area contributed by atoms with E-state index >= 15 is 0 Å². The summed E-state index contributed by atoms with van der Waals surface area (Å²) >= 11 is 0. The number of ether oxygens (including phenoxy) is 2. The third-order valence-electron chi connectivity index (χ3n) is 12.8. The zero-order valence-corrected chi connectivity index (χ0v) is 34.1. The van der Waals surface area contributed by atoms with E-state index in [1.54, 1.807) is 36.4 Å². The van der Waals surface area contributed by atoms with E-state index in [0.29, 0.717) is 63.8 Å². The molecule has 0 spiro atoms. The van der Waals surface area contributed by atoms with Gasteiger partial charge in [0.1, 0.15) is 23.0 Å². The second-order valence-electron chi connectivity index (χ2n) is 16.2. The number of anilines is 1. The first-order valence-corrected chi connectivity index (χ1v) is 19.9. The van der Waals surface area contributed by atoms with E-state index in [1.807, 2.05) is 87.5 Å². The Morgan fingerprint density at radius 3 is 1.39 bits per heavy atom. The predicted molar refractivity (Wildman–Crippen MR) is 223 cm³/mol. The SMILES string of the molecule is CCC(C)(CC)c1cccc(N2C(=O)c3ccc(Oc4ccc(C(C)(C)c5ccc(Oc6ccc7c(c6)C(=O)N(C(C)(CC)CC)C7=O)cc5)cc4)cc3C2=O)c1. The fourth-order valence-electron chi connectivity index (χ4n) is 7.85. The van der Waals surface area contributed by atoms with Gasteiger partial charge < -0.3 is 9.47 Å². The maximum atomic E-state index is 13.7. The first-order valence-electron chi connectivity index (χ1n) is 19.9. The van der Waals surface area contributed by atoms with Gasteiger partial charge in [0.15, 0.2) is 0 Å². The second kappa shape index (κ2) is 14.8. The van der Waals surface area contributed by atoms with E-state index in [-0.39, 0.29) is 34.5 Å². The lowest BCUT2D eigenvalue weighted by molar-refractivity contribution is 0.0434. The Bertz CT molecular complexity index is 2390. The summed E-state index contributed by atoms with van der Waals surface area (Å²) in [6.45, 7) is 16.7. The number of amides is 4. The van der Waals surface area contributed by atoms with Crippen molar-refractivity contribution in [2.24, 2.45) is 0 Å². The maximum absolute atomic E-state index is 13.7. The van der Waals surface area contributed by atoms with Crippen LogP contribution in [0.15, 0.2) is 109 Å². The normalized spacial score (nSPS) is 14.3. The van der Waals surface area contributed by atoms with Crippen molar-refractivity contribution in [3.8, 4) is 23.0 Å². The Labute approximate surface area is 335 Å². The molecule has 0 aliphatic carbocycles. The minimum atomic E-state index is -0.542. The number of rotatable bonds is 13. The molecule has 0 unspecified atom stereocenters. The number of carbonyl (C=O) groups excluding carboxylic acids is 4. The van der Waals surface area contributed by atoms with Crippen molar-refractivity contribution in [3.63, 3.8) is 0 Å². The molecule has 0 fully saturated rings. The average Bonchev–Trinajstić information content (AvgIpc) is 3.63. The smallest absolute Gasteiger partial charge is 0.266 e. The first kappa shape index (κ1) is 39.2. The van der Waals surface area contributed by atoms with Crippen LogP contribution < -0.4 is 14.4 Å². The van der Waals surface area contributed by atoms with Gasteiger partial charge in [-0.1, -0.05) is 84.9 Å². The van der Waals surface area contributed by atoms with Gasteiger partial charge in [-0.2, -0.15) is 0 Å². The van der Waals surface area contributed by atoms with Crippen LogP contribution in [0.4, 0.5) is 5.69 Å². The van der Waals surface area contributed by atoms with Crippen LogP contribution in [0.5, 0.6) is 23.0 Å². The largest absolute Gasteiger partial charge is 0.457 e. The molecule has 57 heavy (non-hydrogen) atoms. The number of fused-ring (bicyclic) bond motifs is 2. The van der Waals surface area contributed by atoms with Crippen LogP contribution in [0, 0.1) is 0 Å². The van der Waals surface area contributed by atoms with Gasteiger partial charge in [-0.15, -0.1) is 0 Å². The van der Waals surface area contributed by atoms with Gasteiger partial charge in [-0.3, -0.25) is 24.1 Å². The summed E-state index contributed by atoms with van der Waals surface area (Å²) < 4.78 is 12.4. The van der Waals surface area contributed by atoms with Gasteiger partial charge in [-0.25, -0.2) is 4.90 Å². The zero-order valence-electron chi connectivity index (χ0n) is 34.1. The van der Waals surface area contributed by atoms with E-state index in [2.05, 4.69) is 40.7 Å². The molecule has 0 saturated heterocycles. The van der Waals surface area contributed by atoms with Crippen molar-refractivity contribution >= 4 is 29.3 Å². The van der Waals surface area contributed by atoms with Crippen molar-refractivity contribution in [2.75, 3.05) is 4.90 Å². The van der Waals surface area contributed by atoms with Gasteiger partial charge in [-0.05, 0) is 128 Å². The molecule has 0 N–H and O–H groups in total. The number of carbonyl (C=O) groups is 4. The summed E-state index contributed by atoms with van der Waals surface area (Å²) in [6, 6.07) is 33.5. The van der Waals surface area contributed by atoms with Crippen LogP contribution in [0.3, 0.4) is 0 Å². The Hall–Kier alpha value is -6.02. The molecule has 7 rings (SSSR count). The molecule has 4 amide bonds. The molecule has 0 aromatic heterocycles. The fraction of sp³-hybridized carbons (Fsp3) is 0.306. The van der Waals surface area contributed by atoms with Crippen molar-refractivity contribution in [1.29, 1.82) is 0 Å². The van der Waals surface area contributed by atoms with Crippen LogP contribution >= 0.6 is 0 Å². The highest BCUT2D eigenvalue weighted by Crippen LogP contribution is 2.39. The first-order chi connectivity index (χ1) is 27.2. The maximum Gasteiger partial charge on any atom is 0.266 e. The van der Waals surface area contributed by atoms with Gasteiger partial charge in [0.2, 0.25) is 0 Å². The molecule has 292 valence electrons. The van der Waals surface area contributed by atoms with Gasteiger partial charge >= 0.3 is 0 Å². The average molecular weight is 763 g/mol. The number of imide groups is 2. The van der Waals surface area contributed by atoms with Crippen LogP contribution in [-0.2, 0) is 10.8 Å². The Balaban J connectivity index is 1.02. The molecule has 5 aromatic rings. The number of hydrogen-bond acceptors (Lipinski definition) is 6. The minimum Gasteiger partial charge on any atom is -0.457 e. The third-order valence-corrected chi connectivity index (χ3v) is 12.8. The minimum absolute atomic E-state index is 0.0480. The number of nitrogens with zero attached hydrogens (tertiary/aromatic N) is 2. The summed E-state index contributed by atoms with van der Waals surface area (Å²) in [5.74, 6) is 0.929. The third kappa shape index (κ3) is 6.81. The van der Waals surface area contributed by atoms with Crippen LogP contribution in [0.25, 0.3) is 0 Å². The molecule has 0 radical (unpaired) electrons. The molecule has 2 heterocycles. The zero-order chi connectivity index (χ0) is 40.9. The van der Waals surface area contributed by atoms with Crippen molar-refractivity contribution in [3.05, 3.63) is 148 Å². The molecule has 8 heteroatoms. The molecule has 0 saturated carbocycles. The number of hydrogen-bond donors (Lipinski definition) is 0. The van der Waals surface area contributed by atoms with Crippen LogP contribution in [-0.4, -0.2) is 34.1 Å². The summed E-state index contributed by atoms with van der Waals surface area (Å²) in [5, 5.41) is 0. The molecule has 5 aromatic carbocycles. The topological polar surface area (TPSA) is 93.2 Å². The second-order valence-corrected chi connectivity index (χ2v) is 16.2. The van der Waals surface area contributed by atoms with Gasteiger partial charge in [0.05, 0.1) is 27.9 Å². The summed E-state index contributed by atoms with van der Waals surface area (Å²) in [5.41, 5.74) is 4.31. The van der Waals surface area contributed by atoms with E-state index in [1.165, 1.54) is 9.80 Å².